The van der Waals surface area contributed by atoms with Gasteiger partial charge in [-0.2, -0.15) is 5.10 Å². The molecule has 1 aromatic carbocycles. The molecule has 20 heavy (non-hydrogen) atoms. The number of nitrogens with one attached hydrogen (secondary N) is 1. The highest BCUT2D eigenvalue weighted by Crippen LogP contribution is 2.21. The fourth-order valence-electron chi connectivity index (χ4n) is 2.16. The van der Waals surface area contributed by atoms with Gasteiger partial charge in [0.2, 0.25) is 0 Å². The summed E-state index contributed by atoms with van der Waals surface area (Å²) >= 11 is 0. The summed E-state index contributed by atoms with van der Waals surface area (Å²) in [6.45, 7) is 0. The van der Waals surface area contributed by atoms with E-state index in [0.29, 0.717) is 4.90 Å². The molecule has 0 saturated heterocycles. The van der Waals surface area contributed by atoms with Gasteiger partial charge in [-0.1, -0.05) is 12.1 Å². The maximum absolute atomic E-state index is 11.6. The number of sulfone groups is 1. The molecule has 0 fully saturated rings. The Hall–Kier alpha value is -1.66. The standard InChI is InChI=1S/C14H19N3O2S/c1-15-14(7-11-9-16-17(2)10-11)12-5-4-6-13(8-12)20(3,18)19/h4-6,8-10,14-15H,7H2,1-3H3. The first-order valence-corrected chi connectivity index (χ1v) is 8.24. The van der Waals surface area contributed by atoms with E-state index in [2.05, 4.69) is 10.4 Å². The lowest BCUT2D eigenvalue weighted by Gasteiger charge is -2.16. The summed E-state index contributed by atoms with van der Waals surface area (Å²) in [6.07, 6.45) is 5.77. The van der Waals surface area contributed by atoms with E-state index >= 15 is 0 Å². The fourth-order valence-corrected chi connectivity index (χ4v) is 2.84. The van der Waals surface area contributed by atoms with E-state index in [1.807, 2.05) is 32.6 Å². The van der Waals surface area contributed by atoms with Gasteiger partial charge in [0, 0.05) is 25.5 Å². The Morgan fingerprint density at radius 1 is 1.40 bits per heavy atom. The molecule has 108 valence electrons. The number of aromatic nitrogens is 2. The van der Waals surface area contributed by atoms with Crippen molar-refractivity contribution in [2.45, 2.75) is 17.4 Å². The highest BCUT2D eigenvalue weighted by Gasteiger charge is 2.14. The van der Waals surface area contributed by atoms with Gasteiger partial charge in [-0.15, -0.1) is 0 Å². The van der Waals surface area contributed by atoms with Gasteiger partial charge in [0.25, 0.3) is 0 Å². The zero-order valence-corrected chi connectivity index (χ0v) is 12.7. The average Bonchev–Trinajstić information content (AvgIpc) is 2.81. The molecular formula is C14H19N3O2S. The number of hydrogen-bond acceptors (Lipinski definition) is 4. The largest absolute Gasteiger partial charge is 0.313 e. The van der Waals surface area contributed by atoms with Crippen LogP contribution >= 0.6 is 0 Å². The molecule has 1 N–H and O–H groups in total. The molecule has 0 radical (unpaired) electrons. The highest BCUT2D eigenvalue weighted by atomic mass is 32.2. The molecule has 6 heteroatoms. The van der Waals surface area contributed by atoms with Gasteiger partial charge in [0.1, 0.15) is 0 Å². The molecule has 0 saturated carbocycles. The number of likely N-dealkylation sites (N-methyl/N-ethyl adjacent to an activating group) is 1. The minimum Gasteiger partial charge on any atom is -0.313 e. The average molecular weight is 293 g/mol. The van der Waals surface area contributed by atoms with Crippen molar-refractivity contribution in [2.75, 3.05) is 13.3 Å². The van der Waals surface area contributed by atoms with Crippen LogP contribution in [-0.2, 0) is 23.3 Å². The van der Waals surface area contributed by atoms with Crippen LogP contribution in [0.5, 0.6) is 0 Å². The van der Waals surface area contributed by atoms with Crippen LogP contribution in [0.15, 0.2) is 41.6 Å². The second-order valence-electron chi connectivity index (χ2n) is 4.91. The third kappa shape index (κ3) is 3.46. The molecule has 2 rings (SSSR count). The quantitative estimate of drug-likeness (QED) is 0.903. The first kappa shape index (κ1) is 14.7. The van der Waals surface area contributed by atoms with E-state index in [0.717, 1.165) is 17.5 Å². The number of hydrogen-bond donors (Lipinski definition) is 1. The molecule has 1 unspecified atom stereocenters. The minimum atomic E-state index is -3.18. The van der Waals surface area contributed by atoms with E-state index in [-0.39, 0.29) is 6.04 Å². The third-order valence-electron chi connectivity index (χ3n) is 3.24. The summed E-state index contributed by atoms with van der Waals surface area (Å²) in [5.41, 5.74) is 2.07. The fraction of sp³-hybridized carbons (Fsp3) is 0.357. The Morgan fingerprint density at radius 2 is 2.15 bits per heavy atom. The molecule has 5 nitrogen and oxygen atoms in total. The molecule has 1 atom stereocenters. The van der Waals surface area contributed by atoms with Gasteiger partial charge in [-0.25, -0.2) is 8.42 Å². The Kier molecular flexibility index (Phi) is 4.25. The van der Waals surface area contributed by atoms with Crippen molar-refractivity contribution < 1.29 is 8.42 Å². The predicted octanol–water partition coefficient (Wildman–Crippen LogP) is 1.33. The summed E-state index contributed by atoms with van der Waals surface area (Å²) in [6, 6.07) is 7.12. The summed E-state index contributed by atoms with van der Waals surface area (Å²) in [4.78, 5) is 0.349. The van der Waals surface area contributed by atoms with Crippen LogP contribution < -0.4 is 5.32 Å². The van der Waals surface area contributed by atoms with Gasteiger partial charge in [0.15, 0.2) is 9.84 Å². The summed E-state index contributed by atoms with van der Waals surface area (Å²) in [5, 5.41) is 7.37. The lowest BCUT2D eigenvalue weighted by atomic mass is 10.0. The van der Waals surface area contributed by atoms with Crippen LogP contribution in [0.4, 0.5) is 0 Å². The first-order chi connectivity index (χ1) is 9.40. The Labute approximate surface area is 119 Å². The summed E-state index contributed by atoms with van der Waals surface area (Å²) in [7, 11) is 0.566. The third-order valence-corrected chi connectivity index (χ3v) is 4.35. The Morgan fingerprint density at radius 3 is 2.70 bits per heavy atom. The molecule has 0 bridgehead atoms. The van der Waals surface area contributed by atoms with Crippen molar-refractivity contribution >= 4 is 9.84 Å². The zero-order valence-electron chi connectivity index (χ0n) is 11.9. The van der Waals surface area contributed by atoms with Crippen LogP contribution in [0.3, 0.4) is 0 Å². The lowest BCUT2D eigenvalue weighted by Crippen LogP contribution is -2.19. The second kappa shape index (κ2) is 5.76. The molecule has 0 amide bonds. The van der Waals surface area contributed by atoms with Crippen molar-refractivity contribution in [1.29, 1.82) is 0 Å². The van der Waals surface area contributed by atoms with Crippen molar-refractivity contribution in [1.82, 2.24) is 15.1 Å². The molecule has 0 aliphatic carbocycles. The number of rotatable bonds is 5. The molecule has 2 aromatic rings. The van der Waals surface area contributed by atoms with Crippen molar-refractivity contribution in [3.63, 3.8) is 0 Å². The molecule has 1 heterocycles. The van der Waals surface area contributed by atoms with Crippen molar-refractivity contribution in [2.24, 2.45) is 7.05 Å². The van der Waals surface area contributed by atoms with E-state index in [4.69, 9.17) is 0 Å². The monoisotopic (exact) mass is 293 g/mol. The van der Waals surface area contributed by atoms with Gasteiger partial charge < -0.3 is 5.32 Å². The van der Waals surface area contributed by atoms with Crippen molar-refractivity contribution in [3.05, 3.63) is 47.8 Å². The number of aryl methyl sites for hydroxylation is 1. The summed E-state index contributed by atoms with van der Waals surface area (Å²) in [5.74, 6) is 0. The zero-order chi connectivity index (χ0) is 14.8. The molecule has 0 aliphatic rings. The van der Waals surface area contributed by atoms with E-state index in [9.17, 15) is 8.42 Å². The summed E-state index contributed by atoms with van der Waals surface area (Å²) < 4.78 is 25.0. The Balaban J connectivity index is 2.28. The first-order valence-electron chi connectivity index (χ1n) is 6.35. The van der Waals surface area contributed by atoms with E-state index in [1.165, 1.54) is 6.26 Å². The normalized spacial score (nSPS) is 13.3. The lowest BCUT2D eigenvalue weighted by molar-refractivity contribution is 0.587. The maximum atomic E-state index is 11.6. The SMILES string of the molecule is CNC(Cc1cnn(C)c1)c1cccc(S(C)(=O)=O)c1. The highest BCUT2D eigenvalue weighted by molar-refractivity contribution is 7.90. The van der Waals surface area contributed by atoms with Gasteiger partial charge >= 0.3 is 0 Å². The van der Waals surface area contributed by atoms with Crippen molar-refractivity contribution in [3.8, 4) is 0 Å². The van der Waals surface area contributed by atoms with Crippen LogP contribution in [0, 0.1) is 0 Å². The number of benzene rings is 1. The van der Waals surface area contributed by atoms with Gasteiger partial charge in [-0.05, 0) is 36.7 Å². The van der Waals surface area contributed by atoms with Crippen LogP contribution in [0.2, 0.25) is 0 Å². The smallest absolute Gasteiger partial charge is 0.175 e. The molecular weight excluding hydrogens is 274 g/mol. The maximum Gasteiger partial charge on any atom is 0.175 e. The molecule has 1 aromatic heterocycles. The van der Waals surface area contributed by atoms with Gasteiger partial charge in [-0.3, -0.25) is 4.68 Å². The number of nitrogens with zero attached hydrogens (tertiary/aromatic N) is 2. The molecule has 0 aliphatic heterocycles. The predicted molar refractivity (Wildman–Crippen MR) is 78.3 cm³/mol. The second-order valence-corrected chi connectivity index (χ2v) is 6.93. The van der Waals surface area contributed by atoms with E-state index in [1.54, 1.807) is 22.9 Å². The van der Waals surface area contributed by atoms with Gasteiger partial charge in [0.05, 0.1) is 11.1 Å². The topological polar surface area (TPSA) is 64.0 Å². The van der Waals surface area contributed by atoms with Crippen LogP contribution in [0.1, 0.15) is 17.2 Å². The van der Waals surface area contributed by atoms with Crippen LogP contribution in [0.25, 0.3) is 0 Å². The Bertz CT molecular complexity index is 692. The molecule has 0 spiro atoms. The van der Waals surface area contributed by atoms with Crippen LogP contribution in [-0.4, -0.2) is 31.5 Å². The minimum absolute atomic E-state index is 0.0564. The van der Waals surface area contributed by atoms with E-state index < -0.39 is 9.84 Å².